The predicted octanol–water partition coefficient (Wildman–Crippen LogP) is 3.74. The molecule has 0 bridgehead atoms. The molecule has 0 nitrogen and oxygen atoms in total. The van der Waals surface area contributed by atoms with Gasteiger partial charge in [0.15, 0.2) is 0 Å². The molecule has 0 spiro atoms. The zero-order chi connectivity index (χ0) is 10.2. The summed E-state index contributed by atoms with van der Waals surface area (Å²) >= 11 is 5.35. The molecule has 0 unspecified atom stereocenters. The van der Waals surface area contributed by atoms with Crippen LogP contribution in [0.5, 0.6) is 0 Å². The Labute approximate surface area is 90.6 Å². The highest BCUT2D eigenvalue weighted by Gasteiger charge is 1.90. The molecular weight excluding hydrogens is 192 g/mol. The van der Waals surface area contributed by atoms with Crippen LogP contribution >= 0.6 is 11.6 Å². The summed E-state index contributed by atoms with van der Waals surface area (Å²) in [5, 5.41) is 0. The van der Waals surface area contributed by atoms with Crippen LogP contribution < -0.4 is 0 Å². The Morgan fingerprint density at radius 1 is 1.29 bits per heavy atom. The Balaban J connectivity index is 2.69. The number of hydrogen-bond donors (Lipinski definition) is 0. The zero-order valence-electron chi connectivity index (χ0n) is 8.26. The molecule has 0 saturated heterocycles. The normalized spacial score (nSPS) is 9.86. The van der Waals surface area contributed by atoms with E-state index in [4.69, 9.17) is 11.6 Å². The first-order valence-electron chi connectivity index (χ1n) is 4.72. The third-order valence-electron chi connectivity index (χ3n) is 1.86. The maximum absolute atomic E-state index is 5.35. The molecule has 1 rings (SSSR count). The molecule has 0 aromatic heterocycles. The monoisotopic (exact) mass is 204 g/mol. The standard InChI is InChI=1S/C13H13Cl/c1-2-5-12-7-9-13(10-8-12)6-3-4-11-14/h4,7-11H,2,5H2,1H3/b11-4+. The van der Waals surface area contributed by atoms with Crippen molar-refractivity contribution in [2.24, 2.45) is 0 Å². The number of halogens is 1. The van der Waals surface area contributed by atoms with Crippen molar-refractivity contribution in [1.29, 1.82) is 0 Å². The number of benzene rings is 1. The Bertz CT molecular complexity index is 349. The van der Waals surface area contributed by atoms with Crippen molar-refractivity contribution in [2.45, 2.75) is 19.8 Å². The number of aryl methyl sites for hydroxylation is 1. The van der Waals surface area contributed by atoms with Gasteiger partial charge in [0.25, 0.3) is 0 Å². The zero-order valence-corrected chi connectivity index (χ0v) is 9.01. The van der Waals surface area contributed by atoms with Crippen molar-refractivity contribution < 1.29 is 0 Å². The first-order valence-corrected chi connectivity index (χ1v) is 5.16. The fourth-order valence-electron chi connectivity index (χ4n) is 1.20. The minimum atomic E-state index is 1.03. The molecule has 0 N–H and O–H groups in total. The SMILES string of the molecule is CCCc1ccc(C#C/C=C/Cl)cc1. The van der Waals surface area contributed by atoms with Gasteiger partial charge in [-0.2, -0.15) is 0 Å². The number of hydrogen-bond acceptors (Lipinski definition) is 0. The summed E-state index contributed by atoms with van der Waals surface area (Å²) in [5.41, 5.74) is 3.81. The first kappa shape index (κ1) is 10.9. The van der Waals surface area contributed by atoms with Crippen molar-refractivity contribution in [1.82, 2.24) is 0 Å². The fraction of sp³-hybridized carbons (Fsp3) is 0.231. The first-order chi connectivity index (χ1) is 6.86. The second kappa shape index (κ2) is 6.29. The Kier molecular flexibility index (Phi) is 4.89. The van der Waals surface area contributed by atoms with E-state index in [0.717, 1.165) is 12.0 Å². The van der Waals surface area contributed by atoms with Gasteiger partial charge in [0.05, 0.1) is 0 Å². The lowest BCUT2D eigenvalue weighted by Gasteiger charge is -1.97. The highest BCUT2D eigenvalue weighted by Crippen LogP contribution is 2.05. The largest absolute Gasteiger partial charge is 0.0923 e. The Morgan fingerprint density at radius 3 is 2.57 bits per heavy atom. The minimum absolute atomic E-state index is 1.03. The average Bonchev–Trinajstić information content (AvgIpc) is 2.21. The maximum atomic E-state index is 5.35. The van der Waals surface area contributed by atoms with E-state index < -0.39 is 0 Å². The van der Waals surface area contributed by atoms with Crippen LogP contribution in [0.25, 0.3) is 0 Å². The number of rotatable bonds is 2. The molecule has 0 radical (unpaired) electrons. The van der Waals surface area contributed by atoms with Crippen molar-refractivity contribution >= 4 is 11.6 Å². The van der Waals surface area contributed by atoms with E-state index in [1.807, 2.05) is 12.1 Å². The van der Waals surface area contributed by atoms with Crippen LogP contribution in [0.3, 0.4) is 0 Å². The molecule has 0 fully saturated rings. The summed E-state index contributed by atoms with van der Waals surface area (Å²) in [5.74, 6) is 5.83. The van der Waals surface area contributed by atoms with Gasteiger partial charge < -0.3 is 0 Å². The summed E-state index contributed by atoms with van der Waals surface area (Å²) < 4.78 is 0. The van der Waals surface area contributed by atoms with E-state index in [0.29, 0.717) is 0 Å². The van der Waals surface area contributed by atoms with Gasteiger partial charge in [-0.05, 0) is 30.2 Å². The van der Waals surface area contributed by atoms with Crippen molar-refractivity contribution in [2.75, 3.05) is 0 Å². The van der Waals surface area contributed by atoms with Crippen molar-refractivity contribution in [3.63, 3.8) is 0 Å². The lowest BCUT2D eigenvalue weighted by Crippen LogP contribution is -1.82. The smallest absolute Gasteiger partial charge is 0.0249 e. The molecule has 0 aliphatic heterocycles. The second-order valence-corrected chi connectivity index (χ2v) is 3.26. The summed E-state index contributed by atoms with van der Waals surface area (Å²) in [7, 11) is 0. The van der Waals surface area contributed by atoms with Crippen molar-refractivity contribution in [3.05, 3.63) is 47.0 Å². The molecule has 0 atom stereocenters. The molecule has 0 saturated carbocycles. The predicted molar refractivity (Wildman–Crippen MR) is 62.3 cm³/mol. The van der Waals surface area contributed by atoms with Crippen LogP contribution in [0.2, 0.25) is 0 Å². The van der Waals surface area contributed by atoms with E-state index in [1.54, 1.807) is 6.08 Å². The highest BCUT2D eigenvalue weighted by molar-refractivity contribution is 6.25. The summed E-state index contributed by atoms with van der Waals surface area (Å²) in [6, 6.07) is 8.33. The van der Waals surface area contributed by atoms with Gasteiger partial charge in [-0.15, -0.1) is 0 Å². The Hall–Kier alpha value is -1.19. The van der Waals surface area contributed by atoms with Gasteiger partial charge in [0.2, 0.25) is 0 Å². The molecular formula is C13H13Cl. The molecule has 0 heterocycles. The van der Waals surface area contributed by atoms with E-state index in [-0.39, 0.29) is 0 Å². The van der Waals surface area contributed by atoms with E-state index >= 15 is 0 Å². The van der Waals surface area contributed by atoms with Crippen LogP contribution in [0.4, 0.5) is 0 Å². The molecule has 14 heavy (non-hydrogen) atoms. The van der Waals surface area contributed by atoms with Gasteiger partial charge in [-0.25, -0.2) is 0 Å². The third kappa shape index (κ3) is 3.68. The van der Waals surface area contributed by atoms with Gasteiger partial charge >= 0.3 is 0 Å². The van der Waals surface area contributed by atoms with E-state index in [1.165, 1.54) is 17.5 Å². The lowest BCUT2D eigenvalue weighted by atomic mass is 10.1. The summed E-state index contributed by atoms with van der Waals surface area (Å²) in [6.07, 6.45) is 3.94. The topological polar surface area (TPSA) is 0 Å². The van der Waals surface area contributed by atoms with Gasteiger partial charge in [0, 0.05) is 11.1 Å². The van der Waals surface area contributed by atoms with E-state index in [9.17, 15) is 0 Å². The molecule has 72 valence electrons. The van der Waals surface area contributed by atoms with Gasteiger partial charge in [-0.1, -0.05) is 48.9 Å². The van der Waals surface area contributed by atoms with Crippen LogP contribution in [-0.4, -0.2) is 0 Å². The minimum Gasteiger partial charge on any atom is -0.0923 e. The second-order valence-electron chi connectivity index (χ2n) is 3.01. The van der Waals surface area contributed by atoms with Crippen LogP contribution in [-0.2, 0) is 6.42 Å². The van der Waals surface area contributed by atoms with Crippen LogP contribution in [0, 0.1) is 11.8 Å². The molecule has 1 heteroatoms. The summed E-state index contributed by atoms with van der Waals surface area (Å²) in [6.45, 7) is 2.18. The van der Waals surface area contributed by atoms with Crippen LogP contribution in [0.1, 0.15) is 24.5 Å². The number of allylic oxidation sites excluding steroid dienone is 1. The quantitative estimate of drug-likeness (QED) is 0.644. The molecule has 1 aromatic carbocycles. The van der Waals surface area contributed by atoms with Crippen molar-refractivity contribution in [3.8, 4) is 11.8 Å². The molecule has 1 aromatic rings. The molecule has 0 amide bonds. The fourth-order valence-corrected chi connectivity index (χ4v) is 1.26. The lowest BCUT2D eigenvalue weighted by molar-refractivity contribution is 0.922. The van der Waals surface area contributed by atoms with Gasteiger partial charge in [0.1, 0.15) is 0 Å². The third-order valence-corrected chi connectivity index (χ3v) is 1.98. The van der Waals surface area contributed by atoms with Gasteiger partial charge in [-0.3, -0.25) is 0 Å². The average molecular weight is 205 g/mol. The van der Waals surface area contributed by atoms with E-state index in [2.05, 4.69) is 30.9 Å². The van der Waals surface area contributed by atoms with Crippen LogP contribution in [0.15, 0.2) is 35.9 Å². The highest BCUT2D eigenvalue weighted by atomic mass is 35.5. The summed E-state index contributed by atoms with van der Waals surface area (Å²) in [4.78, 5) is 0. The molecule has 0 aliphatic rings. The molecule has 0 aliphatic carbocycles. The Morgan fingerprint density at radius 2 is 2.00 bits per heavy atom. The maximum Gasteiger partial charge on any atom is 0.0249 e.